The fraction of sp³-hybridized carbons (Fsp3) is 1.00. The van der Waals surface area contributed by atoms with Crippen molar-refractivity contribution in [1.82, 2.24) is 4.90 Å². The largest absolute Gasteiger partial charge is 0.298 e. The minimum absolute atomic E-state index is 0.602. The molecule has 1 heterocycles. The van der Waals surface area contributed by atoms with E-state index in [-0.39, 0.29) is 0 Å². The van der Waals surface area contributed by atoms with E-state index in [0.717, 1.165) is 6.54 Å². The molecule has 0 aromatic rings. The lowest BCUT2D eigenvalue weighted by molar-refractivity contribution is 0.108. The normalized spacial score (nSPS) is 29.7. The number of nitrogens with zero attached hydrogens (tertiary/aromatic N) is 4. The van der Waals surface area contributed by atoms with E-state index < -0.39 is 0 Å². The molecule has 1 saturated heterocycles. The van der Waals surface area contributed by atoms with E-state index >= 15 is 0 Å². The Bertz CT molecular complexity index is 188. The monoisotopic (exact) mass is 182 g/mol. The molecule has 0 spiro atoms. The molecule has 0 radical (unpaired) electrons. The van der Waals surface area contributed by atoms with E-state index in [9.17, 15) is 0 Å². The summed E-state index contributed by atoms with van der Waals surface area (Å²) in [5, 5.41) is 3.57. The minimum Gasteiger partial charge on any atom is -0.298 e. The Morgan fingerprint density at radius 1 is 1.38 bits per heavy atom. The lowest BCUT2D eigenvalue weighted by Gasteiger charge is -2.38. The lowest BCUT2D eigenvalue weighted by Crippen LogP contribution is -2.44. The zero-order valence-corrected chi connectivity index (χ0v) is 8.48. The first kappa shape index (κ1) is 10.4. The first-order chi connectivity index (χ1) is 6.25. The quantitative estimate of drug-likeness (QED) is 0.376. The van der Waals surface area contributed by atoms with Gasteiger partial charge in [-0.05, 0) is 32.2 Å². The average molecular weight is 182 g/mol. The third-order valence-corrected chi connectivity index (χ3v) is 2.90. The van der Waals surface area contributed by atoms with Crippen molar-refractivity contribution in [2.75, 3.05) is 13.1 Å². The molecular formula is C9H18N4. The van der Waals surface area contributed by atoms with Crippen molar-refractivity contribution in [2.45, 2.75) is 45.2 Å². The van der Waals surface area contributed by atoms with Crippen LogP contribution >= 0.6 is 0 Å². The number of likely N-dealkylation sites (tertiary alicyclic amines) is 1. The lowest BCUT2D eigenvalue weighted by atomic mass is 9.98. The fourth-order valence-electron chi connectivity index (χ4n) is 2.12. The van der Waals surface area contributed by atoms with Crippen LogP contribution in [0.4, 0.5) is 0 Å². The molecule has 1 aliphatic rings. The summed E-state index contributed by atoms with van der Waals surface area (Å²) in [6, 6.07) is 1.30. The number of azide groups is 1. The molecule has 0 bridgehead atoms. The predicted octanol–water partition coefficient (Wildman–Crippen LogP) is 2.56. The van der Waals surface area contributed by atoms with Crippen molar-refractivity contribution >= 4 is 0 Å². The summed E-state index contributed by atoms with van der Waals surface area (Å²) in [5.41, 5.74) is 8.17. The first-order valence-electron chi connectivity index (χ1n) is 5.02. The Morgan fingerprint density at radius 2 is 2.00 bits per heavy atom. The topological polar surface area (TPSA) is 52.0 Å². The van der Waals surface area contributed by atoms with Crippen molar-refractivity contribution in [3.05, 3.63) is 10.4 Å². The smallest absolute Gasteiger partial charge is 0.0386 e. The molecule has 0 aromatic carbocycles. The summed E-state index contributed by atoms with van der Waals surface area (Å²) >= 11 is 0. The van der Waals surface area contributed by atoms with Gasteiger partial charge in [-0.15, -0.1) is 0 Å². The summed E-state index contributed by atoms with van der Waals surface area (Å²) in [7, 11) is 0. The van der Waals surface area contributed by atoms with Gasteiger partial charge in [-0.3, -0.25) is 4.90 Å². The molecule has 0 amide bonds. The predicted molar refractivity (Wildman–Crippen MR) is 53.5 cm³/mol. The molecule has 0 saturated carbocycles. The molecule has 74 valence electrons. The van der Waals surface area contributed by atoms with Gasteiger partial charge in [0.25, 0.3) is 0 Å². The van der Waals surface area contributed by atoms with Gasteiger partial charge in [-0.1, -0.05) is 11.5 Å². The van der Waals surface area contributed by atoms with Gasteiger partial charge in [0.15, 0.2) is 0 Å². The highest BCUT2D eigenvalue weighted by Gasteiger charge is 2.23. The summed E-state index contributed by atoms with van der Waals surface area (Å²) in [4.78, 5) is 5.21. The van der Waals surface area contributed by atoms with Gasteiger partial charge in [0.1, 0.15) is 0 Å². The first-order valence-corrected chi connectivity index (χ1v) is 5.02. The Morgan fingerprint density at radius 3 is 2.54 bits per heavy atom. The van der Waals surface area contributed by atoms with E-state index in [1.165, 1.54) is 19.3 Å². The van der Waals surface area contributed by atoms with Gasteiger partial charge in [0.2, 0.25) is 0 Å². The molecular weight excluding hydrogens is 164 g/mol. The number of piperidine rings is 1. The summed E-state index contributed by atoms with van der Waals surface area (Å²) in [6.45, 7) is 6.02. The van der Waals surface area contributed by atoms with Crippen LogP contribution in [0.2, 0.25) is 0 Å². The van der Waals surface area contributed by atoms with Crippen molar-refractivity contribution < 1.29 is 0 Å². The molecule has 0 aromatic heterocycles. The maximum atomic E-state index is 8.17. The highest BCUT2D eigenvalue weighted by atomic mass is 15.2. The maximum absolute atomic E-state index is 8.17. The van der Waals surface area contributed by atoms with Crippen LogP contribution < -0.4 is 0 Å². The van der Waals surface area contributed by atoms with E-state index in [1.807, 2.05) is 0 Å². The molecule has 4 nitrogen and oxygen atoms in total. The Balaban J connectivity index is 2.39. The van der Waals surface area contributed by atoms with Crippen LogP contribution in [0, 0.1) is 0 Å². The van der Waals surface area contributed by atoms with Crippen LogP contribution in [0.3, 0.4) is 0 Å². The van der Waals surface area contributed by atoms with Crippen molar-refractivity contribution in [1.29, 1.82) is 0 Å². The van der Waals surface area contributed by atoms with Gasteiger partial charge >= 0.3 is 0 Å². The standard InChI is InChI=1S/C9H18N4/c1-8-4-3-5-9(2)13(8)7-6-11-12-10/h8-9H,3-7H2,1-2H3. The van der Waals surface area contributed by atoms with Gasteiger partial charge < -0.3 is 0 Å². The van der Waals surface area contributed by atoms with Gasteiger partial charge in [-0.25, -0.2) is 0 Å². The molecule has 0 aliphatic carbocycles. The molecule has 2 unspecified atom stereocenters. The van der Waals surface area contributed by atoms with Crippen LogP contribution in [0.15, 0.2) is 5.11 Å². The second kappa shape index (κ2) is 5.10. The van der Waals surface area contributed by atoms with Crippen LogP contribution in [0.1, 0.15) is 33.1 Å². The fourth-order valence-corrected chi connectivity index (χ4v) is 2.12. The average Bonchev–Trinajstić information content (AvgIpc) is 2.10. The molecule has 2 atom stereocenters. The van der Waals surface area contributed by atoms with E-state index in [0.29, 0.717) is 18.6 Å². The highest BCUT2D eigenvalue weighted by Crippen LogP contribution is 2.21. The van der Waals surface area contributed by atoms with E-state index in [4.69, 9.17) is 5.53 Å². The van der Waals surface area contributed by atoms with Crippen LogP contribution in [-0.4, -0.2) is 30.1 Å². The van der Waals surface area contributed by atoms with Gasteiger partial charge in [-0.2, -0.15) is 0 Å². The SMILES string of the molecule is CC1CCCC(C)N1CCN=[N+]=[N-]. The third kappa shape index (κ3) is 2.90. The Hall–Kier alpha value is -0.730. The Labute approximate surface area is 79.5 Å². The van der Waals surface area contributed by atoms with E-state index in [2.05, 4.69) is 28.8 Å². The minimum atomic E-state index is 0.602. The molecule has 1 aliphatic heterocycles. The number of rotatable bonds is 3. The van der Waals surface area contributed by atoms with Crippen molar-refractivity contribution in [2.24, 2.45) is 5.11 Å². The van der Waals surface area contributed by atoms with Gasteiger partial charge in [0.05, 0.1) is 0 Å². The summed E-state index contributed by atoms with van der Waals surface area (Å²) in [6.07, 6.45) is 3.89. The zero-order valence-electron chi connectivity index (χ0n) is 8.48. The van der Waals surface area contributed by atoms with Crippen LogP contribution in [0.5, 0.6) is 0 Å². The molecule has 0 N–H and O–H groups in total. The number of hydrogen-bond donors (Lipinski definition) is 0. The summed E-state index contributed by atoms with van der Waals surface area (Å²) in [5.74, 6) is 0. The second-order valence-electron chi connectivity index (χ2n) is 3.82. The Kier molecular flexibility index (Phi) is 4.06. The van der Waals surface area contributed by atoms with Crippen LogP contribution in [-0.2, 0) is 0 Å². The summed E-state index contributed by atoms with van der Waals surface area (Å²) < 4.78 is 0. The molecule has 1 fully saturated rings. The molecule has 1 rings (SSSR count). The van der Waals surface area contributed by atoms with E-state index in [1.54, 1.807) is 0 Å². The van der Waals surface area contributed by atoms with Crippen molar-refractivity contribution in [3.8, 4) is 0 Å². The second-order valence-corrected chi connectivity index (χ2v) is 3.82. The van der Waals surface area contributed by atoms with Crippen molar-refractivity contribution in [3.63, 3.8) is 0 Å². The third-order valence-electron chi connectivity index (χ3n) is 2.90. The molecule has 4 heteroatoms. The highest BCUT2D eigenvalue weighted by molar-refractivity contribution is 4.79. The maximum Gasteiger partial charge on any atom is 0.0386 e. The zero-order chi connectivity index (χ0) is 9.68. The number of hydrogen-bond acceptors (Lipinski definition) is 2. The van der Waals surface area contributed by atoms with Crippen LogP contribution in [0.25, 0.3) is 10.4 Å². The van der Waals surface area contributed by atoms with Gasteiger partial charge in [0, 0.05) is 30.1 Å². The molecule has 13 heavy (non-hydrogen) atoms.